The monoisotopic (exact) mass is 458 g/mol. The van der Waals surface area contributed by atoms with Gasteiger partial charge in [0.25, 0.3) is 0 Å². The van der Waals surface area contributed by atoms with Crippen molar-refractivity contribution in [2.75, 3.05) is 0 Å². The summed E-state index contributed by atoms with van der Waals surface area (Å²) in [7, 11) is 0. The zero-order valence-corrected chi connectivity index (χ0v) is 19.6. The summed E-state index contributed by atoms with van der Waals surface area (Å²) in [6, 6.07) is 45.9. The highest BCUT2D eigenvalue weighted by Crippen LogP contribution is 2.43. The molecule has 0 fully saturated rings. The molecule has 3 aromatic heterocycles. The van der Waals surface area contributed by atoms with Crippen LogP contribution in [0.15, 0.2) is 134 Å². The Kier molecular flexibility index (Phi) is 3.97. The van der Waals surface area contributed by atoms with Crippen LogP contribution in [0.2, 0.25) is 0 Å². The fourth-order valence-corrected chi connectivity index (χ4v) is 6.02. The molecule has 0 aliphatic rings. The molecule has 0 saturated carbocycles. The lowest BCUT2D eigenvalue weighted by molar-refractivity contribution is 1.18. The van der Waals surface area contributed by atoms with E-state index in [1.165, 1.54) is 65.8 Å². The van der Waals surface area contributed by atoms with Crippen LogP contribution in [0.3, 0.4) is 0 Å². The van der Waals surface area contributed by atoms with Gasteiger partial charge in [-0.25, -0.2) is 0 Å². The standard InChI is InChI=1S/C34H22N2/c1-2-12-24(13-3-1)32-28-17-7-8-18-29(28)35-22-21-27-26-16-6-9-19-31(26)36(33(27)34(32)35)30-20-10-14-23-11-4-5-15-25(23)30/h1-22H. The normalized spacial score (nSPS) is 11.9. The molecule has 0 atom stereocenters. The molecule has 3 heterocycles. The molecular formula is C34H22N2. The second-order valence-electron chi connectivity index (χ2n) is 9.41. The Morgan fingerprint density at radius 3 is 1.94 bits per heavy atom. The highest BCUT2D eigenvalue weighted by atomic mass is 15.0. The van der Waals surface area contributed by atoms with Crippen molar-refractivity contribution in [2.45, 2.75) is 0 Å². The van der Waals surface area contributed by atoms with Crippen molar-refractivity contribution in [1.29, 1.82) is 0 Å². The second-order valence-corrected chi connectivity index (χ2v) is 9.41. The Hall–Kier alpha value is -4.82. The molecule has 0 aliphatic heterocycles. The number of pyridine rings is 1. The number of fused-ring (bicyclic) bond motifs is 8. The van der Waals surface area contributed by atoms with Gasteiger partial charge in [0, 0.05) is 33.3 Å². The van der Waals surface area contributed by atoms with E-state index in [1.54, 1.807) is 0 Å². The van der Waals surface area contributed by atoms with Crippen molar-refractivity contribution in [2.24, 2.45) is 0 Å². The van der Waals surface area contributed by atoms with E-state index in [0.717, 1.165) is 0 Å². The van der Waals surface area contributed by atoms with Crippen LogP contribution in [0, 0.1) is 0 Å². The molecule has 0 bridgehead atoms. The average molecular weight is 459 g/mol. The fraction of sp³-hybridized carbons (Fsp3) is 0. The van der Waals surface area contributed by atoms with Gasteiger partial charge in [-0.2, -0.15) is 0 Å². The minimum Gasteiger partial charge on any atom is -0.314 e. The Balaban J connectivity index is 1.68. The van der Waals surface area contributed by atoms with E-state index < -0.39 is 0 Å². The molecule has 8 rings (SSSR count). The summed E-state index contributed by atoms with van der Waals surface area (Å²) >= 11 is 0. The third-order valence-electron chi connectivity index (χ3n) is 7.51. The third-order valence-corrected chi connectivity index (χ3v) is 7.51. The summed E-state index contributed by atoms with van der Waals surface area (Å²) in [6.07, 6.45) is 2.24. The van der Waals surface area contributed by atoms with Crippen molar-refractivity contribution in [3.63, 3.8) is 0 Å². The molecule has 36 heavy (non-hydrogen) atoms. The third kappa shape index (κ3) is 2.56. The molecular weight excluding hydrogens is 436 g/mol. The minimum atomic E-state index is 1.21. The van der Waals surface area contributed by atoms with Crippen molar-refractivity contribution in [3.05, 3.63) is 134 Å². The molecule has 0 saturated heterocycles. The van der Waals surface area contributed by atoms with Gasteiger partial charge in [0.2, 0.25) is 0 Å². The first-order valence-electron chi connectivity index (χ1n) is 12.4. The van der Waals surface area contributed by atoms with Gasteiger partial charge in [-0.05, 0) is 35.2 Å². The maximum Gasteiger partial charge on any atom is 0.0790 e. The minimum absolute atomic E-state index is 1.21. The molecule has 0 aliphatic carbocycles. The van der Waals surface area contributed by atoms with Gasteiger partial charge < -0.3 is 8.97 Å². The highest BCUT2D eigenvalue weighted by Gasteiger charge is 2.21. The van der Waals surface area contributed by atoms with Gasteiger partial charge in [-0.1, -0.05) is 103 Å². The zero-order valence-electron chi connectivity index (χ0n) is 19.6. The van der Waals surface area contributed by atoms with E-state index >= 15 is 0 Å². The molecule has 0 spiro atoms. The molecule has 5 aromatic carbocycles. The molecule has 0 radical (unpaired) electrons. The quantitative estimate of drug-likeness (QED) is 0.244. The molecule has 0 amide bonds. The van der Waals surface area contributed by atoms with Crippen LogP contribution in [-0.2, 0) is 0 Å². The van der Waals surface area contributed by atoms with Gasteiger partial charge >= 0.3 is 0 Å². The predicted molar refractivity (Wildman–Crippen MR) is 152 cm³/mol. The van der Waals surface area contributed by atoms with Gasteiger partial charge in [-0.15, -0.1) is 0 Å². The summed E-state index contributed by atoms with van der Waals surface area (Å²) in [5.74, 6) is 0. The van der Waals surface area contributed by atoms with Crippen LogP contribution < -0.4 is 0 Å². The number of para-hydroxylation sites is 2. The maximum atomic E-state index is 2.48. The van der Waals surface area contributed by atoms with Gasteiger partial charge in [0.15, 0.2) is 0 Å². The molecule has 168 valence electrons. The first kappa shape index (κ1) is 19.5. The molecule has 8 aromatic rings. The van der Waals surface area contributed by atoms with Crippen molar-refractivity contribution < 1.29 is 0 Å². The Morgan fingerprint density at radius 1 is 0.417 bits per heavy atom. The van der Waals surface area contributed by atoms with Crippen LogP contribution in [0.1, 0.15) is 0 Å². The van der Waals surface area contributed by atoms with Crippen LogP contribution in [0.5, 0.6) is 0 Å². The Bertz CT molecular complexity index is 2090. The lowest BCUT2D eigenvalue weighted by Gasteiger charge is -2.13. The first-order chi connectivity index (χ1) is 17.9. The zero-order chi connectivity index (χ0) is 23.6. The van der Waals surface area contributed by atoms with E-state index in [1.807, 2.05) is 0 Å². The first-order valence-corrected chi connectivity index (χ1v) is 12.4. The highest BCUT2D eigenvalue weighted by molar-refractivity contribution is 6.21. The maximum absolute atomic E-state index is 2.48. The van der Waals surface area contributed by atoms with E-state index in [2.05, 4.69) is 143 Å². The topological polar surface area (TPSA) is 9.34 Å². The SMILES string of the molecule is c1ccc(-c2c3ccccc3n3ccc4c5ccccc5n(-c5cccc6ccccc56)c4c23)cc1. The molecule has 2 heteroatoms. The number of aromatic nitrogens is 2. The number of hydrogen-bond donors (Lipinski definition) is 0. The smallest absolute Gasteiger partial charge is 0.0790 e. The predicted octanol–water partition coefficient (Wildman–Crippen LogP) is 9.01. The van der Waals surface area contributed by atoms with Crippen molar-refractivity contribution in [1.82, 2.24) is 8.97 Å². The Morgan fingerprint density at radius 2 is 1.08 bits per heavy atom. The number of nitrogens with zero attached hydrogens (tertiary/aromatic N) is 2. The lowest BCUT2D eigenvalue weighted by Crippen LogP contribution is -1.97. The number of hydrogen-bond acceptors (Lipinski definition) is 0. The van der Waals surface area contributed by atoms with E-state index in [0.29, 0.717) is 0 Å². The van der Waals surface area contributed by atoms with Crippen LogP contribution >= 0.6 is 0 Å². The number of benzene rings is 5. The van der Waals surface area contributed by atoms with Crippen LogP contribution in [0.4, 0.5) is 0 Å². The second kappa shape index (κ2) is 7.34. The van der Waals surface area contributed by atoms with E-state index in [-0.39, 0.29) is 0 Å². The fourth-order valence-electron chi connectivity index (χ4n) is 6.02. The lowest BCUT2D eigenvalue weighted by atomic mass is 10.0. The van der Waals surface area contributed by atoms with Crippen molar-refractivity contribution in [3.8, 4) is 16.8 Å². The Labute approximate surface area is 208 Å². The molecule has 2 nitrogen and oxygen atoms in total. The summed E-state index contributed by atoms with van der Waals surface area (Å²) < 4.78 is 4.86. The van der Waals surface area contributed by atoms with Gasteiger partial charge in [-0.3, -0.25) is 0 Å². The summed E-state index contributed by atoms with van der Waals surface area (Å²) in [5, 5.41) is 6.31. The van der Waals surface area contributed by atoms with Crippen molar-refractivity contribution >= 4 is 49.0 Å². The van der Waals surface area contributed by atoms with Crippen LogP contribution in [-0.4, -0.2) is 8.97 Å². The molecule has 0 N–H and O–H groups in total. The average Bonchev–Trinajstić information content (AvgIpc) is 3.46. The number of rotatable bonds is 2. The van der Waals surface area contributed by atoms with Gasteiger partial charge in [0.05, 0.1) is 27.8 Å². The van der Waals surface area contributed by atoms with E-state index in [4.69, 9.17) is 0 Å². The summed E-state index contributed by atoms with van der Waals surface area (Å²) in [5.41, 5.74) is 8.65. The van der Waals surface area contributed by atoms with Crippen LogP contribution in [0.25, 0.3) is 65.8 Å². The summed E-state index contributed by atoms with van der Waals surface area (Å²) in [6.45, 7) is 0. The largest absolute Gasteiger partial charge is 0.314 e. The van der Waals surface area contributed by atoms with E-state index in [9.17, 15) is 0 Å². The van der Waals surface area contributed by atoms with Gasteiger partial charge in [0.1, 0.15) is 0 Å². The molecule has 0 unspecified atom stereocenters. The summed E-state index contributed by atoms with van der Waals surface area (Å²) in [4.78, 5) is 0.